The number of likely N-dealkylation sites (N-methyl/N-ethyl adjacent to an activating group) is 1. The van der Waals surface area contributed by atoms with E-state index in [1.807, 2.05) is 32.7 Å². The Balaban J connectivity index is 3.09. The molecule has 1 rings (SSSR count). The summed E-state index contributed by atoms with van der Waals surface area (Å²) in [6, 6.07) is 0.119. The van der Waals surface area contributed by atoms with Crippen LogP contribution in [0.1, 0.15) is 34.1 Å². The van der Waals surface area contributed by atoms with Crippen molar-refractivity contribution in [3.63, 3.8) is 0 Å². The van der Waals surface area contributed by atoms with Crippen molar-refractivity contribution in [1.82, 2.24) is 4.90 Å². The molecule has 0 saturated carbocycles. The minimum absolute atomic E-state index is 0.119. The molecule has 0 aromatic rings. The van der Waals surface area contributed by atoms with Crippen molar-refractivity contribution in [2.75, 3.05) is 7.05 Å². The van der Waals surface area contributed by atoms with Crippen molar-refractivity contribution in [2.45, 2.75) is 45.7 Å². The van der Waals surface area contributed by atoms with Crippen LogP contribution in [0.25, 0.3) is 0 Å². The SMILES string of the molecule is CC(=O)C1(C)CC(C)(C=O)C(C)N1C. The number of carbonyl (C=O) groups excluding carboxylic acids is 2. The molecule has 3 atom stereocenters. The van der Waals surface area contributed by atoms with Crippen molar-refractivity contribution < 1.29 is 9.59 Å². The maximum atomic E-state index is 11.6. The highest BCUT2D eigenvalue weighted by atomic mass is 16.1. The van der Waals surface area contributed by atoms with Gasteiger partial charge < -0.3 is 4.79 Å². The zero-order chi connectivity index (χ0) is 11.1. The monoisotopic (exact) mass is 197 g/mol. The number of ketones is 1. The van der Waals surface area contributed by atoms with E-state index in [1.165, 1.54) is 0 Å². The average molecular weight is 197 g/mol. The molecule has 1 aliphatic heterocycles. The Bertz CT molecular complexity index is 276. The van der Waals surface area contributed by atoms with E-state index in [4.69, 9.17) is 0 Å². The Kier molecular flexibility index (Phi) is 2.57. The minimum Gasteiger partial charge on any atom is -0.303 e. The molecule has 0 bridgehead atoms. The number of likely N-dealkylation sites (tertiary alicyclic amines) is 1. The van der Waals surface area contributed by atoms with E-state index in [0.717, 1.165) is 6.29 Å². The molecular weight excluding hydrogens is 178 g/mol. The van der Waals surface area contributed by atoms with Gasteiger partial charge in [-0.25, -0.2) is 0 Å². The lowest BCUT2D eigenvalue weighted by Crippen LogP contribution is -2.46. The fourth-order valence-electron chi connectivity index (χ4n) is 2.40. The van der Waals surface area contributed by atoms with Crippen molar-refractivity contribution in [2.24, 2.45) is 5.41 Å². The molecule has 1 fully saturated rings. The van der Waals surface area contributed by atoms with Gasteiger partial charge in [0.1, 0.15) is 12.1 Å². The number of hydrogen-bond acceptors (Lipinski definition) is 3. The summed E-state index contributed by atoms with van der Waals surface area (Å²) >= 11 is 0. The Morgan fingerprint density at radius 3 is 2.21 bits per heavy atom. The summed E-state index contributed by atoms with van der Waals surface area (Å²) in [6.45, 7) is 7.44. The Morgan fingerprint density at radius 2 is 2.00 bits per heavy atom. The highest BCUT2D eigenvalue weighted by Gasteiger charge is 2.53. The summed E-state index contributed by atoms with van der Waals surface area (Å²) in [5, 5.41) is 0. The van der Waals surface area contributed by atoms with E-state index >= 15 is 0 Å². The van der Waals surface area contributed by atoms with Crippen LogP contribution in [0, 0.1) is 5.41 Å². The molecule has 1 saturated heterocycles. The summed E-state index contributed by atoms with van der Waals surface area (Å²) in [5.74, 6) is 0.137. The molecule has 0 aromatic carbocycles. The van der Waals surface area contributed by atoms with E-state index in [2.05, 4.69) is 0 Å². The minimum atomic E-state index is -0.477. The number of rotatable bonds is 2. The molecule has 0 N–H and O–H groups in total. The van der Waals surface area contributed by atoms with Crippen LogP contribution in [0.15, 0.2) is 0 Å². The lowest BCUT2D eigenvalue weighted by molar-refractivity contribution is -0.126. The maximum absolute atomic E-state index is 11.6. The number of hydrogen-bond donors (Lipinski definition) is 0. The first-order chi connectivity index (χ1) is 6.28. The number of nitrogens with zero attached hydrogens (tertiary/aromatic N) is 1. The molecule has 1 heterocycles. The average Bonchev–Trinajstić information content (AvgIpc) is 2.30. The Labute approximate surface area is 85.5 Å². The fraction of sp³-hybridized carbons (Fsp3) is 0.818. The molecule has 0 radical (unpaired) electrons. The van der Waals surface area contributed by atoms with Gasteiger partial charge in [-0.05, 0) is 34.2 Å². The Hall–Kier alpha value is -0.700. The fourth-order valence-corrected chi connectivity index (χ4v) is 2.40. The smallest absolute Gasteiger partial charge is 0.149 e. The largest absolute Gasteiger partial charge is 0.303 e. The van der Waals surface area contributed by atoms with Gasteiger partial charge in [-0.2, -0.15) is 0 Å². The molecule has 0 aromatic heterocycles. The third kappa shape index (κ3) is 1.31. The summed E-state index contributed by atoms with van der Waals surface area (Å²) in [6.07, 6.45) is 1.61. The van der Waals surface area contributed by atoms with Gasteiger partial charge in [0.05, 0.1) is 5.54 Å². The third-order valence-corrected chi connectivity index (χ3v) is 4.07. The van der Waals surface area contributed by atoms with Gasteiger partial charge in [0.25, 0.3) is 0 Å². The van der Waals surface area contributed by atoms with Crippen LogP contribution in [-0.2, 0) is 9.59 Å². The van der Waals surface area contributed by atoms with Gasteiger partial charge in [0, 0.05) is 11.5 Å². The normalized spacial score (nSPS) is 43.9. The summed E-state index contributed by atoms with van der Waals surface area (Å²) in [4.78, 5) is 24.6. The molecule has 80 valence electrons. The zero-order valence-corrected chi connectivity index (χ0v) is 9.63. The predicted molar refractivity (Wildman–Crippen MR) is 55.1 cm³/mol. The van der Waals surface area contributed by atoms with Crippen LogP contribution in [-0.4, -0.2) is 35.6 Å². The van der Waals surface area contributed by atoms with Gasteiger partial charge in [0.2, 0.25) is 0 Å². The van der Waals surface area contributed by atoms with Crippen LogP contribution in [0.2, 0.25) is 0 Å². The Morgan fingerprint density at radius 1 is 1.50 bits per heavy atom. The van der Waals surface area contributed by atoms with E-state index in [1.54, 1.807) is 6.92 Å². The molecule has 14 heavy (non-hydrogen) atoms. The van der Waals surface area contributed by atoms with Gasteiger partial charge in [-0.15, -0.1) is 0 Å². The van der Waals surface area contributed by atoms with Crippen LogP contribution in [0.5, 0.6) is 0 Å². The van der Waals surface area contributed by atoms with E-state index < -0.39 is 11.0 Å². The van der Waals surface area contributed by atoms with Crippen molar-refractivity contribution in [1.29, 1.82) is 0 Å². The predicted octanol–water partition coefficient (Wildman–Crippen LogP) is 1.26. The first-order valence-electron chi connectivity index (χ1n) is 4.98. The highest BCUT2D eigenvalue weighted by molar-refractivity contribution is 5.87. The van der Waals surface area contributed by atoms with Crippen LogP contribution >= 0.6 is 0 Å². The van der Waals surface area contributed by atoms with E-state index in [9.17, 15) is 9.59 Å². The van der Waals surface area contributed by atoms with Crippen LogP contribution < -0.4 is 0 Å². The van der Waals surface area contributed by atoms with Crippen molar-refractivity contribution in [3.05, 3.63) is 0 Å². The molecular formula is C11H19NO2. The lowest BCUT2D eigenvalue weighted by atomic mass is 9.79. The maximum Gasteiger partial charge on any atom is 0.149 e. The van der Waals surface area contributed by atoms with Gasteiger partial charge in [-0.1, -0.05) is 6.92 Å². The molecule has 0 aliphatic carbocycles. The molecule has 0 spiro atoms. The van der Waals surface area contributed by atoms with E-state index in [-0.39, 0.29) is 11.8 Å². The number of Topliss-reactive ketones (excluding diaryl/α,β-unsaturated/α-hetero) is 1. The van der Waals surface area contributed by atoms with Crippen molar-refractivity contribution >= 4 is 12.1 Å². The third-order valence-electron chi connectivity index (χ3n) is 4.07. The van der Waals surface area contributed by atoms with Crippen LogP contribution in [0.3, 0.4) is 0 Å². The molecule has 0 amide bonds. The second-order valence-electron chi connectivity index (χ2n) is 4.92. The second-order valence-corrected chi connectivity index (χ2v) is 4.92. The topological polar surface area (TPSA) is 37.4 Å². The summed E-state index contributed by atoms with van der Waals surface area (Å²) < 4.78 is 0. The van der Waals surface area contributed by atoms with Gasteiger partial charge >= 0.3 is 0 Å². The van der Waals surface area contributed by atoms with Crippen LogP contribution in [0.4, 0.5) is 0 Å². The summed E-state index contributed by atoms with van der Waals surface area (Å²) in [7, 11) is 1.92. The molecule has 3 nitrogen and oxygen atoms in total. The standard InChI is InChI=1S/C11H19NO2/c1-8-10(3,7-13)6-11(4,9(2)14)12(8)5/h7-8H,6H2,1-5H3. The van der Waals surface area contributed by atoms with Gasteiger partial charge in [-0.3, -0.25) is 9.69 Å². The van der Waals surface area contributed by atoms with Gasteiger partial charge in [0.15, 0.2) is 0 Å². The second kappa shape index (κ2) is 3.16. The zero-order valence-electron chi connectivity index (χ0n) is 9.63. The highest BCUT2D eigenvalue weighted by Crippen LogP contribution is 2.44. The molecule has 1 aliphatic rings. The number of carbonyl (C=O) groups is 2. The van der Waals surface area contributed by atoms with Crippen molar-refractivity contribution in [3.8, 4) is 0 Å². The number of aldehydes is 1. The molecule has 3 unspecified atom stereocenters. The molecule has 3 heteroatoms. The quantitative estimate of drug-likeness (QED) is 0.625. The van der Waals surface area contributed by atoms with E-state index in [0.29, 0.717) is 6.42 Å². The summed E-state index contributed by atoms with van der Waals surface area (Å²) in [5.41, 5.74) is -0.871. The lowest BCUT2D eigenvalue weighted by Gasteiger charge is -2.31. The first-order valence-corrected chi connectivity index (χ1v) is 4.98. The first kappa shape index (κ1) is 11.4.